The zero-order valence-electron chi connectivity index (χ0n) is 10.6. The molecule has 16 heavy (non-hydrogen) atoms. The number of hydrogen-bond acceptors (Lipinski definition) is 4. The molecule has 2 saturated heterocycles. The number of likely N-dealkylation sites (tertiary alicyclic amines) is 1. The van der Waals surface area contributed by atoms with E-state index in [0.29, 0.717) is 6.10 Å². The summed E-state index contributed by atoms with van der Waals surface area (Å²) in [6, 6.07) is 0. The molecule has 0 aliphatic carbocycles. The molecule has 94 valence electrons. The topological polar surface area (TPSA) is 41.7 Å². The molecule has 2 aliphatic rings. The molecule has 0 aromatic heterocycles. The predicted molar refractivity (Wildman–Crippen MR) is 65.5 cm³/mol. The second kappa shape index (κ2) is 5.00. The average Bonchev–Trinajstić information content (AvgIpc) is 2.88. The number of nitrogens with zero attached hydrogens (tertiary/aromatic N) is 2. The molecule has 2 N–H and O–H groups in total. The van der Waals surface area contributed by atoms with Crippen LogP contribution >= 0.6 is 0 Å². The number of likely N-dealkylation sites (N-methyl/N-ethyl adjacent to an activating group) is 1. The van der Waals surface area contributed by atoms with E-state index in [1.807, 2.05) is 0 Å². The van der Waals surface area contributed by atoms with Crippen molar-refractivity contribution in [2.45, 2.75) is 30.9 Å². The van der Waals surface area contributed by atoms with E-state index in [9.17, 15) is 0 Å². The first-order valence-electron chi connectivity index (χ1n) is 6.38. The lowest BCUT2D eigenvalue weighted by Gasteiger charge is -2.35. The van der Waals surface area contributed by atoms with E-state index in [4.69, 9.17) is 10.5 Å². The summed E-state index contributed by atoms with van der Waals surface area (Å²) in [5, 5.41) is 0. The minimum atomic E-state index is 0.193. The Labute approximate surface area is 98.7 Å². The van der Waals surface area contributed by atoms with Crippen LogP contribution in [0.2, 0.25) is 0 Å². The fourth-order valence-corrected chi connectivity index (χ4v) is 2.89. The normalized spacial score (nSPS) is 36.4. The smallest absolute Gasteiger partial charge is 0.0702 e. The van der Waals surface area contributed by atoms with Gasteiger partial charge in [-0.3, -0.25) is 4.90 Å². The molecule has 0 aromatic carbocycles. The van der Waals surface area contributed by atoms with Crippen LogP contribution in [0.4, 0.5) is 0 Å². The molecule has 2 aliphatic heterocycles. The largest absolute Gasteiger partial charge is 0.377 e. The molecule has 0 aromatic rings. The highest BCUT2D eigenvalue weighted by Gasteiger charge is 2.39. The molecule has 0 radical (unpaired) electrons. The van der Waals surface area contributed by atoms with E-state index in [-0.39, 0.29) is 5.54 Å². The second-order valence-corrected chi connectivity index (χ2v) is 5.44. The Hall–Kier alpha value is -0.160. The van der Waals surface area contributed by atoms with E-state index < -0.39 is 0 Å². The van der Waals surface area contributed by atoms with E-state index in [1.54, 1.807) is 0 Å². The van der Waals surface area contributed by atoms with Gasteiger partial charge in [0, 0.05) is 38.3 Å². The summed E-state index contributed by atoms with van der Waals surface area (Å²) in [6.07, 6.45) is 4.11. The van der Waals surface area contributed by atoms with Crippen LogP contribution in [-0.2, 0) is 4.74 Å². The number of hydrogen-bond donors (Lipinski definition) is 1. The molecule has 2 rings (SSSR count). The third kappa shape index (κ3) is 2.40. The van der Waals surface area contributed by atoms with Crippen LogP contribution in [0.5, 0.6) is 0 Å². The number of ether oxygens (including phenoxy) is 1. The van der Waals surface area contributed by atoms with E-state index in [0.717, 1.165) is 32.8 Å². The molecule has 0 amide bonds. The van der Waals surface area contributed by atoms with E-state index in [1.165, 1.54) is 19.3 Å². The summed E-state index contributed by atoms with van der Waals surface area (Å²) in [7, 11) is 4.28. The average molecular weight is 227 g/mol. The molecule has 2 atom stereocenters. The van der Waals surface area contributed by atoms with Crippen LogP contribution in [0.15, 0.2) is 0 Å². The molecule has 2 unspecified atom stereocenters. The summed E-state index contributed by atoms with van der Waals surface area (Å²) < 4.78 is 5.69. The van der Waals surface area contributed by atoms with Gasteiger partial charge in [0.25, 0.3) is 0 Å². The maximum Gasteiger partial charge on any atom is 0.0702 e. The molecule has 4 heteroatoms. The quantitative estimate of drug-likeness (QED) is 0.741. The molecular weight excluding hydrogens is 202 g/mol. The minimum absolute atomic E-state index is 0.193. The third-order valence-electron chi connectivity index (χ3n) is 4.23. The Bertz CT molecular complexity index is 228. The summed E-state index contributed by atoms with van der Waals surface area (Å²) in [5.41, 5.74) is 6.13. The zero-order valence-corrected chi connectivity index (χ0v) is 10.6. The van der Waals surface area contributed by atoms with Crippen molar-refractivity contribution >= 4 is 0 Å². The van der Waals surface area contributed by atoms with Crippen molar-refractivity contribution in [1.82, 2.24) is 9.80 Å². The molecule has 2 fully saturated rings. The first-order chi connectivity index (χ1) is 7.66. The highest BCUT2D eigenvalue weighted by Crippen LogP contribution is 2.26. The molecule has 4 nitrogen and oxygen atoms in total. The van der Waals surface area contributed by atoms with Crippen LogP contribution in [0.3, 0.4) is 0 Å². The van der Waals surface area contributed by atoms with Gasteiger partial charge in [0.2, 0.25) is 0 Å². The summed E-state index contributed by atoms with van der Waals surface area (Å²) >= 11 is 0. The van der Waals surface area contributed by atoms with Gasteiger partial charge >= 0.3 is 0 Å². The molecule has 0 saturated carbocycles. The van der Waals surface area contributed by atoms with Gasteiger partial charge in [-0.1, -0.05) is 0 Å². The molecule has 2 heterocycles. The third-order valence-corrected chi connectivity index (χ3v) is 4.23. The molecular formula is C12H25N3O. The summed E-state index contributed by atoms with van der Waals surface area (Å²) in [5.74, 6) is 0. The maximum atomic E-state index is 5.94. The first-order valence-corrected chi connectivity index (χ1v) is 6.38. The summed E-state index contributed by atoms with van der Waals surface area (Å²) in [6.45, 7) is 5.05. The van der Waals surface area contributed by atoms with Crippen molar-refractivity contribution in [3.05, 3.63) is 0 Å². The van der Waals surface area contributed by atoms with Crippen molar-refractivity contribution < 1.29 is 4.74 Å². The SMILES string of the molecule is CN(C)C1(CN)CCN(CC2CCCO2)C1. The minimum Gasteiger partial charge on any atom is -0.377 e. The van der Waals surface area contributed by atoms with Gasteiger partial charge in [0.15, 0.2) is 0 Å². The fraction of sp³-hybridized carbons (Fsp3) is 1.00. The highest BCUT2D eigenvalue weighted by molar-refractivity contribution is 4.98. The van der Waals surface area contributed by atoms with Crippen molar-refractivity contribution in [3.63, 3.8) is 0 Å². The van der Waals surface area contributed by atoms with Gasteiger partial charge < -0.3 is 15.4 Å². The molecule has 0 spiro atoms. The molecule has 0 bridgehead atoms. The Morgan fingerprint density at radius 1 is 1.50 bits per heavy atom. The second-order valence-electron chi connectivity index (χ2n) is 5.44. The standard InChI is InChI=1S/C12H25N3O/c1-14(2)12(9-13)5-6-15(10-12)8-11-4-3-7-16-11/h11H,3-10,13H2,1-2H3. The van der Waals surface area contributed by atoms with Gasteiger partial charge in [0.1, 0.15) is 0 Å². The highest BCUT2D eigenvalue weighted by atomic mass is 16.5. The Morgan fingerprint density at radius 2 is 2.31 bits per heavy atom. The lowest BCUT2D eigenvalue weighted by Crippen LogP contribution is -2.52. The predicted octanol–water partition coefficient (Wildman–Crippen LogP) is 0.130. The monoisotopic (exact) mass is 227 g/mol. The first kappa shape index (κ1) is 12.3. The summed E-state index contributed by atoms with van der Waals surface area (Å²) in [4.78, 5) is 4.81. The van der Waals surface area contributed by atoms with Gasteiger partial charge in [-0.05, 0) is 33.4 Å². The van der Waals surface area contributed by atoms with E-state index in [2.05, 4.69) is 23.9 Å². The van der Waals surface area contributed by atoms with Gasteiger partial charge in [-0.2, -0.15) is 0 Å². The lowest BCUT2D eigenvalue weighted by molar-refractivity contribution is 0.0734. The van der Waals surface area contributed by atoms with Crippen molar-refractivity contribution in [2.75, 3.05) is 46.9 Å². The Kier molecular flexibility index (Phi) is 3.85. The van der Waals surface area contributed by atoms with Crippen LogP contribution in [0.1, 0.15) is 19.3 Å². The van der Waals surface area contributed by atoms with E-state index >= 15 is 0 Å². The van der Waals surface area contributed by atoms with Gasteiger partial charge in [0.05, 0.1) is 6.10 Å². The number of nitrogens with two attached hydrogens (primary N) is 1. The number of rotatable bonds is 4. The van der Waals surface area contributed by atoms with Crippen molar-refractivity contribution in [3.8, 4) is 0 Å². The lowest BCUT2D eigenvalue weighted by atomic mass is 9.97. The zero-order chi connectivity index (χ0) is 11.6. The van der Waals surface area contributed by atoms with Crippen LogP contribution in [0.25, 0.3) is 0 Å². The van der Waals surface area contributed by atoms with Crippen LogP contribution in [-0.4, -0.2) is 68.3 Å². The maximum absolute atomic E-state index is 5.94. The van der Waals surface area contributed by atoms with Crippen LogP contribution < -0.4 is 5.73 Å². The van der Waals surface area contributed by atoms with Gasteiger partial charge in [-0.15, -0.1) is 0 Å². The Balaban J connectivity index is 1.86. The van der Waals surface area contributed by atoms with Crippen molar-refractivity contribution in [2.24, 2.45) is 5.73 Å². The Morgan fingerprint density at radius 3 is 2.81 bits per heavy atom. The van der Waals surface area contributed by atoms with Crippen molar-refractivity contribution in [1.29, 1.82) is 0 Å². The van der Waals surface area contributed by atoms with Crippen LogP contribution in [0, 0.1) is 0 Å². The fourth-order valence-electron chi connectivity index (χ4n) is 2.89. The van der Waals surface area contributed by atoms with Gasteiger partial charge in [-0.25, -0.2) is 0 Å².